The average Bonchev–Trinajstić information content (AvgIpc) is 2.91. The van der Waals surface area contributed by atoms with Gasteiger partial charge in [0.15, 0.2) is 0 Å². The van der Waals surface area contributed by atoms with Gasteiger partial charge in [-0.1, -0.05) is 13.3 Å². The van der Waals surface area contributed by atoms with Gasteiger partial charge in [0.05, 0.1) is 11.8 Å². The first-order valence-electron chi connectivity index (χ1n) is 11.4. The lowest BCUT2D eigenvalue weighted by Crippen LogP contribution is -2.49. The molecule has 2 bridgehead atoms. The molecule has 182 valence electrons. The highest BCUT2D eigenvalue weighted by molar-refractivity contribution is 7.87. The van der Waals surface area contributed by atoms with Crippen LogP contribution in [0.15, 0.2) is 0 Å². The lowest BCUT2D eigenvalue weighted by atomic mass is 9.61. The third-order valence-electron chi connectivity index (χ3n) is 9.43. The first-order valence-corrected chi connectivity index (χ1v) is 12.8. The molecule has 1 heterocycles. The van der Waals surface area contributed by atoms with E-state index >= 15 is 0 Å². The van der Waals surface area contributed by atoms with Crippen molar-refractivity contribution >= 4 is 28.0 Å². The van der Waals surface area contributed by atoms with Crippen LogP contribution in [0.25, 0.3) is 0 Å². The normalized spacial score (nSPS) is 48.5. The fraction of sp³-hybridized carbons (Fsp3) is 0.857. The van der Waals surface area contributed by atoms with E-state index in [9.17, 15) is 31.6 Å². The van der Waals surface area contributed by atoms with Crippen molar-refractivity contribution in [2.45, 2.75) is 62.6 Å². The van der Waals surface area contributed by atoms with Gasteiger partial charge in [-0.15, -0.1) is 0 Å². The molecule has 0 aromatic heterocycles. The van der Waals surface area contributed by atoms with Gasteiger partial charge in [0.2, 0.25) is 0 Å². The summed E-state index contributed by atoms with van der Waals surface area (Å²) < 4.78 is 73.9. The van der Waals surface area contributed by atoms with Crippen molar-refractivity contribution in [3.63, 3.8) is 0 Å². The molecule has 0 aromatic carbocycles. The molecule has 0 amide bonds. The molecule has 5 saturated carbocycles. The Hall–Kier alpha value is -1.82. The van der Waals surface area contributed by atoms with Crippen molar-refractivity contribution in [3.8, 4) is 0 Å². The Bertz CT molecular complexity index is 1060. The largest absolute Gasteiger partial charge is 0.465 e. The summed E-state index contributed by atoms with van der Waals surface area (Å²) in [6, 6.07) is 0. The number of rotatable bonds is 6. The number of carbonyl (C=O) groups is 3. The van der Waals surface area contributed by atoms with Gasteiger partial charge in [-0.3, -0.25) is 14.1 Å². The molecule has 33 heavy (non-hydrogen) atoms. The number of fused-ring (bicyclic) bond motifs is 1. The van der Waals surface area contributed by atoms with Gasteiger partial charge in [-0.2, -0.15) is 17.2 Å². The fourth-order valence-electron chi connectivity index (χ4n) is 8.05. The lowest BCUT2D eigenvalue weighted by Gasteiger charge is -2.46. The van der Waals surface area contributed by atoms with Crippen LogP contribution in [0.1, 0.15) is 39.0 Å². The Balaban J connectivity index is 1.21. The van der Waals surface area contributed by atoms with E-state index in [1.54, 1.807) is 0 Å². The molecular formula is C21H24F2O9S. The highest BCUT2D eigenvalue weighted by Crippen LogP contribution is 2.78. The van der Waals surface area contributed by atoms with E-state index in [1.165, 1.54) is 0 Å². The number of esters is 3. The zero-order valence-corrected chi connectivity index (χ0v) is 18.5. The molecule has 0 aromatic rings. The van der Waals surface area contributed by atoms with E-state index < -0.39 is 69.2 Å². The lowest BCUT2D eigenvalue weighted by molar-refractivity contribution is -0.181. The van der Waals surface area contributed by atoms with Crippen molar-refractivity contribution in [3.05, 3.63) is 0 Å². The van der Waals surface area contributed by atoms with Crippen LogP contribution in [0.3, 0.4) is 0 Å². The molecule has 5 aliphatic carbocycles. The molecule has 1 aliphatic heterocycles. The Kier molecular flexibility index (Phi) is 4.23. The predicted molar refractivity (Wildman–Crippen MR) is 102 cm³/mol. The maximum absolute atomic E-state index is 13.7. The second-order valence-corrected chi connectivity index (χ2v) is 12.1. The van der Waals surface area contributed by atoms with Crippen LogP contribution >= 0.6 is 0 Å². The van der Waals surface area contributed by atoms with E-state index in [0.717, 1.165) is 25.7 Å². The van der Waals surface area contributed by atoms with E-state index in [1.807, 2.05) is 0 Å². The molecule has 0 radical (unpaired) electrons. The highest BCUT2D eigenvalue weighted by atomic mass is 32.2. The summed E-state index contributed by atoms with van der Waals surface area (Å²) in [4.78, 5) is 37.6. The number of ether oxygens (including phenoxy) is 3. The minimum Gasteiger partial charge on any atom is -0.462 e. The van der Waals surface area contributed by atoms with Crippen LogP contribution in [0.4, 0.5) is 8.78 Å². The van der Waals surface area contributed by atoms with E-state index in [0.29, 0.717) is 17.8 Å². The monoisotopic (exact) mass is 490 g/mol. The molecule has 6 fully saturated rings. The highest BCUT2D eigenvalue weighted by Gasteiger charge is 2.75. The van der Waals surface area contributed by atoms with Crippen molar-refractivity contribution in [1.29, 1.82) is 0 Å². The number of alkyl halides is 2. The van der Waals surface area contributed by atoms with Crippen LogP contribution in [0.2, 0.25) is 0 Å². The van der Waals surface area contributed by atoms with Crippen LogP contribution in [-0.4, -0.2) is 54.4 Å². The number of hydrogen-bond donors (Lipinski definition) is 1. The molecule has 1 spiro atoms. The summed E-state index contributed by atoms with van der Waals surface area (Å²) in [6.45, 7) is 2.11. The number of hydrogen-bond acceptors (Lipinski definition) is 8. The van der Waals surface area contributed by atoms with Crippen LogP contribution < -0.4 is 0 Å². The first-order chi connectivity index (χ1) is 15.4. The average molecular weight is 490 g/mol. The van der Waals surface area contributed by atoms with E-state index in [-0.39, 0.29) is 17.9 Å². The Labute approximate surface area is 188 Å². The Morgan fingerprint density at radius 3 is 2.61 bits per heavy atom. The molecular weight excluding hydrogens is 466 g/mol. The number of carbonyl (C=O) groups excluding carboxylic acids is 3. The summed E-state index contributed by atoms with van der Waals surface area (Å²) in [7, 11) is -6.05. The minimum absolute atomic E-state index is 0.231. The van der Waals surface area contributed by atoms with Gasteiger partial charge in [0.25, 0.3) is 0 Å². The smallest absolute Gasteiger partial charge is 0.462 e. The van der Waals surface area contributed by atoms with Gasteiger partial charge in [-0.25, -0.2) is 4.79 Å². The standard InChI is InChI=1S/C21H24F2O9S/c1-2-7-5-20-6-8(20)3-11(14(7)20)30-17(24)12-10-4-9-13(12)18(25)31-15(9)16(10)32-19(26)21(22,23)33(27,28)29/h7-16H,2-6H2,1H3,(H,27,28,29). The second kappa shape index (κ2) is 6.44. The van der Waals surface area contributed by atoms with Crippen LogP contribution in [0, 0.1) is 46.8 Å². The first kappa shape index (κ1) is 21.7. The molecule has 6 aliphatic rings. The van der Waals surface area contributed by atoms with Crippen molar-refractivity contribution in [2.75, 3.05) is 0 Å². The van der Waals surface area contributed by atoms with E-state index in [4.69, 9.17) is 18.8 Å². The van der Waals surface area contributed by atoms with Gasteiger partial charge in [0.1, 0.15) is 18.3 Å². The molecule has 1 saturated heterocycles. The zero-order chi connectivity index (χ0) is 23.7. The molecule has 9 nitrogen and oxygen atoms in total. The number of halogens is 2. The van der Waals surface area contributed by atoms with E-state index in [2.05, 4.69) is 6.92 Å². The SMILES string of the molecule is CCC1CC23CC2CC(OC(=O)C2C4CC5C(OC(=O)C52)C4OC(=O)C(F)(F)S(=O)(=O)O)C13. The Morgan fingerprint density at radius 1 is 1.21 bits per heavy atom. The third-order valence-corrected chi connectivity index (χ3v) is 10.2. The van der Waals surface area contributed by atoms with Gasteiger partial charge in [0, 0.05) is 17.8 Å². The fourth-order valence-corrected chi connectivity index (χ4v) is 8.31. The van der Waals surface area contributed by atoms with Crippen molar-refractivity contribution in [2.24, 2.45) is 46.8 Å². The summed E-state index contributed by atoms with van der Waals surface area (Å²) in [6.07, 6.45) is 1.63. The molecule has 1 N–H and O–H groups in total. The summed E-state index contributed by atoms with van der Waals surface area (Å²) in [5.74, 6) is -5.51. The summed E-state index contributed by atoms with van der Waals surface area (Å²) >= 11 is 0. The quantitative estimate of drug-likeness (QED) is 0.334. The van der Waals surface area contributed by atoms with Crippen molar-refractivity contribution in [1.82, 2.24) is 0 Å². The van der Waals surface area contributed by atoms with Crippen LogP contribution in [0.5, 0.6) is 0 Å². The molecule has 11 unspecified atom stereocenters. The van der Waals surface area contributed by atoms with Gasteiger partial charge >= 0.3 is 33.3 Å². The second-order valence-electron chi connectivity index (χ2n) is 10.6. The van der Waals surface area contributed by atoms with Gasteiger partial charge in [-0.05, 0) is 42.9 Å². The molecule has 6 rings (SSSR count). The molecule has 11 atom stereocenters. The summed E-state index contributed by atoms with van der Waals surface area (Å²) in [5.41, 5.74) is 0.289. The maximum Gasteiger partial charge on any atom is 0.465 e. The molecule has 12 heteroatoms. The van der Waals surface area contributed by atoms with Gasteiger partial charge < -0.3 is 14.2 Å². The third kappa shape index (κ3) is 2.65. The summed E-state index contributed by atoms with van der Waals surface area (Å²) in [5, 5.41) is -5.18. The minimum atomic E-state index is -6.05. The Morgan fingerprint density at radius 2 is 1.94 bits per heavy atom. The maximum atomic E-state index is 13.7. The van der Waals surface area contributed by atoms with Crippen LogP contribution in [-0.2, 0) is 38.7 Å². The predicted octanol–water partition coefficient (Wildman–Crippen LogP) is 1.55. The zero-order valence-electron chi connectivity index (χ0n) is 17.7. The van der Waals surface area contributed by atoms with Crippen molar-refractivity contribution < 1.29 is 50.3 Å². The topological polar surface area (TPSA) is 133 Å².